The van der Waals surface area contributed by atoms with Gasteiger partial charge < -0.3 is 20.3 Å². The maximum atomic E-state index is 13.8. The van der Waals surface area contributed by atoms with Gasteiger partial charge in [-0.25, -0.2) is 14.2 Å². The SMILES string of the molecule is COC(=O)c1cc(CNc2nccn3c([C@@H]4SC[C@@H](O)[C@H]4O)nnc23)ccc1F. The molecule has 1 fully saturated rings. The Morgan fingerprint density at radius 1 is 1.41 bits per heavy atom. The first-order chi connectivity index (χ1) is 14.0. The molecular formula is C18H18FN5O4S. The molecule has 0 aliphatic carbocycles. The molecule has 0 saturated carbocycles. The monoisotopic (exact) mass is 419 g/mol. The van der Waals surface area contributed by atoms with Crippen LogP contribution in [0.4, 0.5) is 10.2 Å². The van der Waals surface area contributed by atoms with Crippen molar-refractivity contribution >= 4 is 29.2 Å². The number of benzene rings is 1. The zero-order chi connectivity index (χ0) is 20.5. The number of thioether (sulfide) groups is 1. The first-order valence-corrected chi connectivity index (χ1v) is 9.82. The van der Waals surface area contributed by atoms with E-state index in [0.29, 0.717) is 28.6 Å². The third-order valence-corrected chi connectivity index (χ3v) is 6.04. The molecule has 29 heavy (non-hydrogen) atoms. The Labute approximate surface area is 168 Å². The fraction of sp³-hybridized carbons (Fsp3) is 0.333. The Bertz CT molecular complexity index is 1060. The predicted molar refractivity (Wildman–Crippen MR) is 103 cm³/mol. The molecular weight excluding hydrogens is 401 g/mol. The molecule has 152 valence electrons. The van der Waals surface area contributed by atoms with E-state index in [1.807, 2.05) is 0 Å². The second-order valence-electron chi connectivity index (χ2n) is 6.50. The lowest BCUT2D eigenvalue weighted by Gasteiger charge is -2.14. The van der Waals surface area contributed by atoms with E-state index in [1.54, 1.807) is 22.9 Å². The molecule has 11 heteroatoms. The summed E-state index contributed by atoms with van der Waals surface area (Å²) in [6.07, 6.45) is 1.52. The fourth-order valence-corrected chi connectivity index (χ4v) is 4.42. The van der Waals surface area contributed by atoms with Gasteiger partial charge in [0, 0.05) is 24.7 Å². The number of esters is 1. The molecule has 4 rings (SSSR count). The second-order valence-corrected chi connectivity index (χ2v) is 7.67. The summed E-state index contributed by atoms with van der Waals surface area (Å²) in [6, 6.07) is 4.17. The normalized spacial score (nSPS) is 21.4. The molecule has 9 nitrogen and oxygen atoms in total. The highest BCUT2D eigenvalue weighted by Crippen LogP contribution is 2.39. The van der Waals surface area contributed by atoms with Crippen molar-refractivity contribution in [3.05, 3.63) is 53.4 Å². The molecule has 3 aromatic rings. The average Bonchev–Trinajstić information content (AvgIpc) is 3.30. The molecule has 1 aromatic carbocycles. The van der Waals surface area contributed by atoms with Gasteiger partial charge in [0.2, 0.25) is 5.65 Å². The topological polar surface area (TPSA) is 122 Å². The van der Waals surface area contributed by atoms with Gasteiger partial charge in [0.1, 0.15) is 5.82 Å². The molecule has 0 radical (unpaired) electrons. The molecule has 1 saturated heterocycles. The zero-order valence-corrected chi connectivity index (χ0v) is 16.1. The highest BCUT2D eigenvalue weighted by Gasteiger charge is 2.38. The summed E-state index contributed by atoms with van der Waals surface area (Å²) >= 11 is 1.41. The number of nitrogens with zero attached hydrogens (tertiary/aromatic N) is 4. The lowest BCUT2D eigenvalue weighted by Crippen LogP contribution is -2.25. The molecule has 3 atom stereocenters. The summed E-state index contributed by atoms with van der Waals surface area (Å²) < 4.78 is 20.1. The first-order valence-electron chi connectivity index (χ1n) is 8.77. The maximum Gasteiger partial charge on any atom is 0.340 e. The summed E-state index contributed by atoms with van der Waals surface area (Å²) in [5.74, 6) is -0.0222. The number of halogens is 1. The van der Waals surface area contributed by atoms with Crippen molar-refractivity contribution in [1.82, 2.24) is 19.6 Å². The summed E-state index contributed by atoms with van der Waals surface area (Å²) in [7, 11) is 1.19. The van der Waals surface area contributed by atoms with Crippen molar-refractivity contribution < 1.29 is 24.1 Å². The van der Waals surface area contributed by atoms with Crippen LogP contribution in [0, 0.1) is 5.82 Å². The largest absolute Gasteiger partial charge is 0.465 e. The summed E-state index contributed by atoms with van der Waals surface area (Å²) in [5, 5.41) is 31.0. The molecule has 0 bridgehead atoms. The van der Waals surface area contributed by atoms with Crippen LogP contribution >= 0.6 is 11.8 Å². The number of aromatic nitrogens is 4. The molecule has 2 aromatic heterocycles. The molecule has 0 spiro atoms. The van der Waals surface area contributed by atoms with Crippen LogP contribution in [0.1, 0.15) is 27.0 Å². The molecule has 3 heterocycles. The van der Waals surface area contributed by atoms with E-state index in [0.717, 1.165) is 0 Å². The lowest BCUT2D eigenvalue weighted by molar-refractivity contribution is 0.0404. The predicted octanol–water partition coefficient (Wildman–Crippen LogP) is 1.17. The minimum Gasteiger partial charge on any atom is -0.465 e. The van der Waals surface area contributed by atoms with Crippen molar-refractivity contribution in [2.45, 2.75) is 24.0 Å². The molecule has 1 aliphatic heterocycles. The second kappa shape index (κ2) is 7.93. The molecule has 3 N–H and O–H groups in total. The standard InChI is InChI=1S/C18H18FN5O4S/c1-28-18(27)10-6-9(2-3-11(10)19)7-21-15-17-23-22-16(24(17)5-4-20-15)14-13(26)12(25)8-29-14/h2-6,12-14,25-26H,7-8H2,1H3,(H,20,21)/t12-,13-,14-/m1/s1. The summed E-state index contributed by atoms with van der Waals surface area (Å²) in [6.45, 7) is 0.263. The lowest BCUT2D eigenvalue weighted by atomic mass is 10.1. The van der Waals surface area contributed by atoms with Gasteiger partial charge in [-0.1, -0.05) is 6.07 Å². The van der Waals surface area contributed by atoms with Crippen LogP contribution in [0.25, 0.3) is 5.65 Å². The van der Waals surface area contributed by atoms with E-state index in [2.05, 4.69) is 25.2 Å². The van der Waals surface area contributed by atoms with Gasteiger partial charge in [0.05, 0.1) is 30.1 Å². The average molecular weight is 419 g/mol. The number of methoxy groups -OCH3 is 1. The number of ether oxygens (including phenoxy) is 1. The number of anilines is 1. The fourth-order valence-electron chi connectivity index (χ4n) is 3.13. The van der Waals surface area contributed by atoms with E-state index >= 15 is 0 Å². The Morgan fingerprint density at radius 2 is 2.24 bits per heavy atom. The zero-order valence-electron chi connectivity index (χ0n) is 15.3. The van der Waals surface area contributed by atoms with Gasteiger partial charge in [-0.2, -0.15) is 0 Å². The van der Waals surface area contributed by atoms with Crippen LogP contribution in [0.15, 0.2) is 30.6 Å². The van der Waals surface area contributed by atoms with Gasteiger partial charge in [-0.3, -0.25) is 4.40 Å². The van der Waals surface area contributed by atoms with Crippen molar-refractivity contribution in [3.63, 3.8) is 0 Å². The number of aliphatic hydroxyl groups is 2. The number of nitrogens with one attached hydrogen (secondary N) is 1. The van der Waals surface area contributed by atoms with Gasteiger partial charge in [-0.15, -0.1) is 22.0 Å². The molecule has 0 amide bonds. The van der Waals surface area contributed by atoms with E-state index in [1.165, 1.54) is 31.0 Å². The highest BCUT2D eigenvalue weighted by molar-refractivity contribution is 7.99. The van der Waals surface area contributed by atoms with Crippen molar-refractivity contribution in [1.29, 1.82) is 0 Å². The van der Waals surface area contributed by atoms with Gasteiger partial charge in [-0.05, 0) is 17.7 Å². The Hall–Kier alpha value is -2.76. The van der Waals surface area contributed by atoms with Gasteiger partial charge in [0.25, 0.3) is 0 Å². The number of hydrogen-bond donors (Lipinski definition) is 3. The van der Waals surface area contributed by atoms with Crippen molar-refractivity contribution in [2.75, 3.05) is 18.2 Å². The first kappa shape index (κ1) is 19.6. The number of fused-ring (bicyclic) bond motifs is 1. The van der Waals surface area contributed by atoms with Crippen LogP contribution in [-0.2, 0) is 11.3 Å². The number of rotatable bonds is 5. The number of carbonyl (C=O) groups is 1. The third-order valence-electron chi connectivity index (χ3n) is 4.65. The van der Waals surface area contributed by atoms with Crippen LogP contribution in [-0.4, -0.2) is 60.8 Å². The minimum atomic E-state index is -0.923. The summed E-state index contributed by atoms with van der Waals surface area (Å²) in [4.78, 5) is 15.9. The summed E-state index contributed by atoms with van der Waals surface area (Å²) in [5.41, 5.74) is 0.959. The van der Waals surface area contributed by atoms with Crippen molar-refractivity contribution in [3.8, 4) is 0 Å². The Balaban J connectivity index is 1.58. The van der Waals surface area contributed by atoms with Crippen LogP contribution in [0.3, 0.4) is 0 Å². The van der Waals surface area contributed by atoms with E-state index in [-0.39, 0.29) is 12.1 Å². The Morgan fingerprint density at radius 3 is 2.97 bits per heavy atom. The number of aliphatic hydroxyl groups excluding tert-OH is 2. The van der Waals surface area contributed by atoms with Crippen LogP contribution < -0.4 is 5.32 Å². The van der Waals surface area contributed by atoms with Crippen LogP contribution in [0.2, 0.25) is 0 Å². The van der Waals surface area contributed by atoms with Gasteiger partial charge in [0.15, 0.2) is 11.6 Å². The van der Waals surface area contributed by atoms with E-state index in [9.17, 15) is 19.4 Å². The highest BCUT2D eigenvalue weighted by atomic mass is 32.2. The molecule has 1 aliphatic rings. The smallest absolute Gasteiger partial charge is 0.340 e. The quantitative estimate of drug-likeness (QED) is 0.523. The minimum absolute atomic E-state index is 0.145. The third kappa shape index (κ3) is 3.63. The number of hydrogen-bond acceptors (Lipinski definition) is 9. The van der Waals surface area contributed by atoms with Crippen LogP contribution in [0.5, 0.6) is 0 Å². The molecule has 0 unspecified atom stereocenters. The van der Waals surface area contributed by atoms with Gasteiger partial charge >= 0.3 is 5.97 Å². The maximum absolute atomic E-state index is 13.8. The van der Waals surface area contributed by atoms with Crippen molar-refractivity contribution in [2.24, 2.45) is 0 Å². The Kier molecular flexibility index (Phi) is 5.35. The number of carbonyl (C=O) groups excluding carboxylic acids is 1. The van der Waals surface area contributed by atoms with E-state index in [4.69, 9.17) is 0 Å². The van der Waals surface area contributed by atoms with E-state index < -0.39 is 29.2 Å².